The summed E-state index contributed by atoms with van der Waals surface area (Å²) >= 11 is 1.74. The number of aryl methyl sites for hydroxylation is 3. The van der Waals surface area contributed by atoms with E-state index in [-0.39, 0.29) is 0 Å². The fourth-order valence-electron chi connectivity index (χ4n) is 1.40. The molecule has 0 fully saturated rings. The van der Waals surface area contributed by atoms with Crippen molar-refractivity contribution in [1.82, 2.24) is 5.16 Å². The molecule has 2 aromatic heterocycles. The van der Waals surface area contributed by atoms with Crippen LogP contribution in [0.1, 0.15) is 17.0 Å². The van der Waals surface area contributed by atoms with Crippen molar-refractivity contribution in [2.75, 3.05) is 0 Å². The third kappa shape index (κ3) is 1.40. The van der Waals surface area contributed by atoms with Crippen LogP contribution >= 0.6 is 11.3 Å². The van der Waals surface area contributed by atoms with Gasteiger partial charge in [0, 0.05) is 4.88 Å². The van der Waals surface area contributed by atoms with Crippen molar-refractivity contribution in [1.29, 1.82) is 0 Å². The van der Waals surface area contributed by atoms with Crippen molar-refractivity contribution in [2.24, 2.45) is 0 Å². The standard InChI is InChI=1S/C10H11NOS/c1-6-4-9(13-5-6)10-7(2)11-12-8(10)3/h4-5H,1-3H3. The lowest BCUT2D eigenvalue weighted by Gasteiger charge is -1.92. The van der Waals surface area contributed by atoms with E-state index in [0.29, 0.717) is 0 Å². The fraction of sp³-hybridized carbons (Fsp3) is 0.300. The van der Waals surface area contributed by atoms with Crippen LogP contribution in [0.3, 0.4) is 0 Å². The van der Waals surface area contributed by atoms with Crippen LogP contribution in [0.5, 0.6) is 0 Å². The van der Waals surface area contributed by atoms with Crippen LogP contribution < -0.4 is 0 Å². The molecule has 2 nitrogen and oxygen atoms in total. The Labute approximate surface area is 81.2 Å². The predicted molar refractivity (Wildman–Crippen MR) is 54.0 cm³/mol. The minimum atomic E-state index is 0.902. The van der Waals surface area contributed by atoms with Crippen LogP contribution in [-0.2, 0) is 0 Å². The molecule has 0 aliphatic rings. The average molecular weight is 193 g/mol. The van der Waals surface area contributed by atoms with E-state index >= 15 is 0 Å². The van der Waals surface area contributed by atoms with E-state index in [9.17, 15) is 0 Å². The Morgan fingerprint density at radius 1 is 1.31 bits per heavy atom. The van der Waals surface area contributed by atoms with Gasteiger partial charge in [-0.25, -0.2) is 0 Å². The number of hydrogen-bond donors (Lipinski definition) is 0. The fourth-order valence-corrected chi connectivity index (χ4v) is 2.44. The summed E-state index contributed by atoms with van der Waals surface area (Å²) in [6.45, 7) is 6.02. The zero-order chi connectivity index (χ0) is 9.42. The molecule has 0 atom stereocenters. The third-order valence-corrected chi connectivity index (χ3v) is 3.08. The second kappa shape index (κ2) is 3.00. The van der Waals surface area contributed by atoms with E-state index in [2.05, 4.69) is 23.5 Å². The Morgan fingerprint density at radius 2 is 2.08 bits per heavy atom. The molecule has 0 radical (unpaired) electrons. The number of hydrogen-bond acceptors (Lipinski definition) is 3. The van der Waals surface area contributed by atoms with Gasteiger partial charge >= 0.3 is 0 Å². The molecule has 0 bridgehead atoms. The summed E-state index contributed by atoms with van der Waals surface area (Å²) < 4.78 is 5.12. The zero-order valence-electron chi connectivity index (χ0n) is 7.92. The van der Waals surface area contributed by atoms with Crippen molar-refractivity contribution in [3.63, 3.8) is 0 Å². The van der Waals surface area contributed by atoms with Crippen molar-refractivity contribution in [3.8, 4) is 10.4 Å². The molecule has 0 aliphatic carbocycles. The Bertz CT molecular complexity index is 408. The lowest BCUT2D eigenvalue weighted by Crippen LogP contribution is -1.76. The maximum absolute atomic E-state index is 5.12. The number of rotatable bonds is 1. The summed E-state index contributed by atoms with van der Waals surface area (Å²) in [6.07, 6.45) is 0. The topological polar surface area (TPSA) is 26.0 Å². The van der Waals surface area contributed by atoms with Crippen LogP contribution in [0.15, 0.2) is 16.0 Å². The van der Waals surface area contributed by atoms with E-state index in [0.717, 1.165) is 17.0 Å². The molecule has 13 heavy (non-hydrogen) atoms. The molecule has 0 aromatic carbocycles. The number of aromatic nitrogens is 1. The molecule has 2 aromatic rings. The Balaban J connectivity index is 2.57. The van der Waals surface area contributed by atoms with Gasteiger partial charge in [0.25, 0.3) is 0 Å². The van der Waals surface area contributed by atoms with E-state index in [1.54, 1.807) is 11.3 Å². The number of thiophene rings is 1. The molecule has 0 amide bonds. The molecular weight excluding hydrogens is 182 g/mol. The first-order chi connectivity index (χ1) is 6.18. The highest BCUT2D eigenvalue weighted by atomic mass is 32.1. The van der Waals surface area contributed by atoms with Crippen molar-refractivity contribution in [2.45, 2.75) is 20.8 Å². The molecule has 0 aliphatic heterocycles. The normalized spacial score (nSPS) is 10.7. The largest absolute Gasteiger partial charge is 0.361 e. The molecule has 0 spiro atoms. The average Bonchev–Trinajstić information content (AvgIpc) is 2.60. The summed E-state index contributed by atoms with van der Waals surface area (Å²) in [4.78, 5) is 1.24. The Kier molecular flexibility index (Phi) is 1.96. The lowest BCUT2D eigenvalue weighted by atomic mass is 10.1. The Morgan fingerprint density at radius 3 is 2.54 bits per heavy atom. The summed E-state index contributed by atoms with van der Waals surface area (Å²) in [5.74, 6) is 0.902. The van der Waals surface area contributed by atoms with E-state index in [1.165, 1.54) is 10.4 Å². The highest BCUT2D eigenvalue weighted by molar-refractivity contribution is 7.13. The molecule has 3 heteroatoms. The van der Waals surface area contributed by atoms with E-state index in [1.807, 2.05) is 13.8 Å². The first kappa shape index (κ1) is 8.51. The summed E-state index contributed by atoms with van der Waals surface area (Å²) in [5, 5.41) is 6.07. The molecule has 0 unspecified atom stereocenters. The highest BCUT2D eigenvalue weighted by Gasteiger charge is 2.12. The highest BCUT2D eigenvalue weighted by Crippen LogP contribution is 2.31. The molecular formula is C10H11NOS. The monoisotopic (exact) mass is 193 g/mol. The Hall–Kier alpha value is -1.09. The summed E-state index contributed by atoms with van der Waals surface area (Å²) in [6, 6.07) is 2.16. The third-order valence-electron chi connectivity index (χ3n) is 2.01. The zero-order valence-corrected chi connectivity index (χ0v) is 8.73. The van der Waals surface area contributed by atoms with E-state index in [4.69, 9.17) is 4.52 Å². The van der Waals surface area contributed by atoms with Gasteiger partial charge in [-0.3, -0.25) is 0 Å². The van der Waals surface area contributed by atoms with Crippen LogP contribution in [0.2, 0.25) is 0 Å². The van der Waals surface area contributed by atoms with Crippen molar-refractivity contribution >= 4 is 11.3 Å². The first-order valence-electron chi connectivity index (χ1n) is 4.17. The predicted octanol–water partition coefficient (Wildman–Crippen LogP) is 3.33. The van der Waals surface area contributed by atoms with Gasteiger partial charge in [0.05, 0.1) is 11.3 Å². The second-order valence-electron chi connectivity index (χ2n) is 3.19. The molecule has 68 valence electrons. The summed E-state index contributed by atoms with van der Waals surface area (Å²) in [7, 11) is 0. The molecule has 2 rings (SSSR count). The molecule has 0 N–H and O–H groups in total. The minimum absolute atomic E-state index is 0.902. The van der Waals surface area contributed by atoms with Gasteiger partial charge in [-0.1, -0.05) is 5.16 Å². The van der Waals surface area contributed by atoms with Gasteiger partial charge < -0.3 is 4.52 Å². The quantitative estimate of drug-likeness (QED) is 0.694. The maximum Gasteiger partial charge on any atom is 0.142 e. The SMILES string of the molecule is Cc1csc(-c2c(C)noc2C)c1. The van der Waals surface area contributed by atoms with E-state index < -0.39 is 0 Å². The number of nitrogens with zero attached hydrogens (tertiary/aromatic N) is 1. The van der Waals surface area contributed by atoms with Gasteiger partial charge in [-0.2, -0.15) is 0 Å². The second-order valence-corrected chi connectivity index (χ2v) is 4.10. The molecule has 2 heterocycles. The van der Waals surface area contributed by atoms with Crippen LogP contribution in [0, 0.1) is 20.8 Å². The van der Waals surface area contributed by atoms with Gasteiger partial charge in [-0.15, -0.1) is 11.3 Å². The summed E-state index contributed by atoms with van der Waals surface area (Å²) in [5.41, 5.74) is 3.41. The van der Waals surface area contributed by atoms with Crippen molar-refractivity contribution < 1.29 is 4.52 Å². The van der Waals surface area contributed by atoms with Gasteiger partial charge in [0.15, 0.2) is 0 Å². The van der Waals surface area contributed by atoms with Gasteiger partial charge in [0.2, 0.25) is 0 Å². The van der Waals surface area contributed by atoms with Crippen LogP contribution in [0.25, 0.3) is 10.4 Å². The molecule has 0 saturated heterocycles. The van der Waals surface area contributed by atoms with Gasteiger partial charge in [0.1, 0.15) is 5.76 Å². The van der Waals surface area contributed by atoms with Gasteiger partial charge in [-0.05, 0) is 37.8 Å². The maximum atomic E-state index is 5.12. The molecule has 0 saturated carbocycles. The minimum Gasteiger partial charge on any atom is -0.361 e. The first-order valence-corrected chi connectivity index (χ1v) is 5.05. The van der Waals surface area contributed by atoms with Crippen molar-refractivity contribution in [3.05, 3.63) is 28.5 Å². The van der Waals surface area contributed by atoms with Crippen LogP contribution in [0.4, 0.5) is 0 Å². The van der Waals surface area contributed by atoms with Crippen LogP contribution in [-0.4, -0.2) is 5.16 Å². The smallest absolute Gasteiger partial charge is 0.142 e. The lowest BCUT2D eigenvalue weighted by molar-refractivity contribution is 0.393.